The predicted octanol–water partition coefficient (Wildman–Crippen LogP) is 6.08. The molecule has 0 radical (unpaired) electrons. The van der Waals surface area contributed by atoms with Crippen LogP contribution in [0, 0.1) is 0 Å². The highest BCUT2D eigenvalue weighted by atomic mass is 32.2. The Kier molecular flexibility index (Phi) is 14.1. The zero-order valence-corrected chi connectivity index (χ0v) is 25.1. The van der Waals surface area contributed by atoms with Crippen LogP contribution in [0.1, 0.15) is 84.0 Å². The molecule has 0 atom stereocenters. The minimum Gasteiger partial charge on any atom is -0.481 e. The Morgan fingerprint density at radius 2 is 1.38 bits per heavy atom. The normalized spacial score (nSPS) is 19.4. The van der Waals surface area contributed by atoms with Crippen molar-refractivity contribution in [2.75, 3.05) is 7.11 Å². The number of carbonyl (C=O) groups excluding carboxylic acids is 2. The van der Waals surface area contributed by atoms with Crippen molar-refractivity contribution in [2.24, 2.45) is 0 Å². The van der Waals surface area contributed by atoms with Crippen LogP contribution in [-0.2, 0) is 38.1 Å². The van der Waals surface area contributed by atoms with Crippen molar-refractivity contribution in [3.63, 3.8) is 0 Å². The van der Waals surface area contributed by atoms with Gasteiger partial charge in [-0.15, -0.1) is 0 Å². The van der Waals surface area contributed by atoms with Gasteiger partial charge >= 0.3 is 51.5 Å². The smallest absolute Gasteiger partial charge is 0.460 e. The van der Waals surface area contributed by atoms with Crippen LogP contribution in [0.15, 0.2) is 12.3 Å². The van der Waals surface area contributed by atoms with E-state index in [1.54, 1.807) is 0 Å². The van der Waals surface area contributed by atoms with Gasteiger partial charge in [-0.05, 0) is 19.8 Å². The number of alkyl carbamates (subject to hydrolysis) is 1. The number of carbonyl (C=O) groups is 3. The number of amides is 1. The molecule has 0 aromatic heterocycles. The molecule has 2 N–H and O–H groups in total. The molecule has 1 rings (SSSR count). The number of allylic oxidation sites excluding steroid dienone is 1. The molecule has 1 amide bonds. The maximum absolute atomic E-state index is 14.3. The summed E-state index contributed by atoms with van der Waals surface area (Å²) in [7, 11) is -6.06. The quantitative estimate of drug-likeness (QED) is 0.0475. The van der Waals surface area contributed by atoms with E-state index in [0.717, 1.165) is 7.11 Å². The monoisotopic (exact) mass is 693 g/mol. The molecule has 262 valence electrons. The maximum atomic E-state index is 14.3. The molecule has 1 aliphatic rings. The molecule has 1 fully saturated rings. The van der Waals surface area contributed by atoms with Gasteiger partial charge in [-0.1, -0.05) is 45.1 Å². The lowest BCUT2D eigenvalue weighted by Gasteiger charge is -2.44. The van der Waals surface area contributed by atoms with E-state index in [9.17, 15) is 57.9 Å². The van der Waals surface area contributed by atoms with Crippen LogP contribution in [-0.4, -0.2) is 73.7 Å². The Balaban J connectivity index is 2.76. The molecule has 0 heterocycles. The number of nitrogens with one attached hydrogen (secondary N) is 1. The summed E-state index contributed by atoms with van der Waals surface area (Å²) in [5.41, 5.74) is -2.12. The lowest BCUT2D eigenvalue weighted by molar-refractivity contribution is -0.456. The highest BCUT2D eigenvalue weighted by Crippen LogP contribution is 2.49. The first-order valence-electron chi connectivity index (χ1n) is 13.6. The lowest BCUT2D eigenvalue weighted by atomic mass is 9.74. The number of aliphatic carboxylic acids is 1. The van der Waals surface area contributed by atoms with Gasteiger partial charge in [0.25, 0.3) is 0 Å². The van der Waals surface area contributed by atoms with Crippen LogP contribution in [0.3, 0.4) is 0 Å². The van der Waals surface area contributed by atoms with Crippen molar-refractivity contribution in [1.82, 2.24) is 5.32 Å². The number of ether oxygens (including phenoxy) is 3. The predicted molar refractivity (Wildman–Crippen MR) is 137 cm³/mol. The van der Waals surface area contributed by atoms with Gasteiger partial charge in [-0.25, -0.2) is 14.3 Å². The van der Waals surface area contributed by atoms with Crippen LogP contribution in [0.25, 0.3) is 0 Å². The molecule has 0 aromatic rings. The molecule has 1 aliphatic carbocycles. The molecule has 0 spiro atoms. The molecular weight excluding hydrogens is 658 g/mol. The fourth-order valence-corrected chi connectivity index (χ4v) is 5.14. The summed E-state index contributed by atoms with van der Waals surface area (Å²) >= 11 is 0. The topological polar surface area (TPSA) is 155 Å². The standard InChI is InChI=1S/C25H35F8NO10S/c1-16(2)42-20(38)34-21(19(37)41-3)14-17(15-21)43-45(39,40)25(32,33)24(30,31)44-23(28,29)22(26,27)13-11-9-7-5-4-6-8-10-12-18(35)36/h17H,1,4-15H2,2-3H3,(H,34,38)(H,35,36)/t17-,21+. The second-order valence-electron chi connectivity index (χ2n) is 10.4. The lowest BCUT2D eigenvalue weighted by Crippen LogP contribution is -2.66. The molecule has 45 heavy (non-hydrogen) atoms. The Morgan fingerprint density at radius 1 is 0.889 bits per heavy atom. The van der Waals surface area contributed by atoms with Gasteiger partial charge in [0.2, 0.25) is 0 Å². The Labute approximate surface area is 253 Å². The first kappa shape index (κ1) is 40.3. The number of alkyl halides is 8. The van der Waals surface area contributed by atoms with Crippen molar-refractivity contribution in [3.8, 4) is 0 Å². The Bertz CT molecular complexity index is 1160. The van der Waals surface area contributed by atoms with Crippen LogP contribution in [0.2, 0.25) is 0 Å². The summed E-state index contributed by atoms with van der Waals surface area (Å²) in [5, 5.41) is 3.86. The number of hydrogen-bond acceptors (Lipinski definition) is 9. The molecular formula is C25H35F8NO10S. The fraction of sp³-hybridized carbons (Fsp3) is 0.800. The van der Waals surface area contributed by atoms with Crippen LogP contribution in [0.5, 0.6) is 0 Å². The number of hydrogen-bond donors (Lipinski definition) is 2. The number of methoxy groups -OCH3 is 1. The number of unbranched alkanes of at least 4 members (excludes halogenated alkanes) is 7. The molecule has 0 bridgehead atoms. The highest BCUT2D eigenvalue weighted by molar-refractivity contribution is 7.87. The van der Waals surface area contributed by atoms with E-state index in [2.05, 4.69) is 25.0 Å². The summed E-state index contributed by atoms with van der Waals surface area (Å²) in [6.45, 7) is 4.47. The minimum atomic E-state index is -6.89. The van der Waals surface area contributed by atoms with Gasteiger partial charge in [0.15, 0.2) is 0 Å². The summed E-state index contributed by atoms with van der Waals surface area (Å²) in [6, 6.07) is 0. The maximum Gasteiger partial charge on any atom is 0.460 e. The Hall–Kier alpha value is -2.74. The number of rotatable bonds is 21. The van der Waals surface area contributed by atoms with Crippen LogP contribution >= 0.6 is 0 Å². The van der Waals surface area contributed by atoms with Crippen molar-refractivity contribution in [2.45, 2.75) is 119 Å². The van der Waals surface area contributed by atoms with E-state index < -0.39 is 88.9 Å². The van der Waals surface area contributed by atoms with Crippen LogP contribution in [0.4, 0.5) is 39.9 Å². The van der Waals surface area contributed by atoms with Gasteiger partial charge in [-0.3, -0.25) is 8.98 Å². The second kappa shape index (κ2) is 15.7. The molecule has 0 unspecified atom stereocenters. The molecule has 0 saturated heterocycles. The number of halogens is 8. The van der Waals surface area contributed by atoms with E-state index in [-0.39, 0.29) is 25.0 Å². The number of carboxylic acid groups (broad SMARTS) is 1. The van der Waals surface area contributed by atoms with Crippen LogP contribution < -0.4 is 5.32 Å². The molecule has 20 heteroatoms. The highest BCUT2D eigenvalue weighted by Gasteiger charge is 2.75. The zero-order chi connectivity index (χ0) is 34.9. The van der Waals surface area contributed by atoms with E-state index in [1.807, 2.05) is 5.32 Å². The van der Waals surface area contributed by atoms with Crippen molar-refractivity contribution < 1.29 is 81.4 Å². The summed E-state index contributed by atoms with van der Waals surface area (Å²) in [6.07, 6.45) is -17.7. The molecule has 0 aliphatic heterocycles. The second-order valence-corrected chi connectivity index (χ2v) is 12.1. The number of carboxylic acids is 1. The van der Waals surface area contributed by atoms with Gasteiger partial charge in [0.1, 0.15) is 5.54 Å². The third-order valence-corrected chi connectivity index (χ3v) is 7.96. The average Bonchev–Trinajstić information content (AvgIpc) is 2.86. The van der Waals surface area contributed by atoms with E-state index in [4.69, 9.17) is 5.11 Å². The third kappa shape index (κ3) is 10.9. The Morgan fingerprint density at radius 3 is 1.84 bits per heavy atom. The van der Waals surface area contributed by atoms with E-state index >= 15 is 0 Å². The SMILES string of the molecule is C=C(C)OC(=O)N[C@]1(C(=O)OC)C[C@H](OS(=O)(=O)C(F)(F)C(F)(F)OC(F)(F)C(F)(F)CCCCCCCCCCC(=O)O)C1. The van der Waals surface area contributed by atoms with Gasteiger partial charge in [-0.2, -0.15) is 43.5 Å². The zero-order valence-electron chi connectivity index (χ0n) is 24.3. The van der Waals surface area contributed by atoms with Gasteiger partial charge in [0.05, 0.1) is 19.0 Å². The van der Waals surface area contributed by atoms with E-state index in [1.165, 1.54) is 6.92 Å². The third-order valence-electron chi connectivity index (χ3n) is 6.57. The summed E-state index contributed by atoms with van der Waals surface area (Å²) in [4.78, 5) is 34.3. The molecule has 0 aromatic carbocycles. The fourth-order valence-electron chi connectivity index (χ4n) is 4.19. The van der Waals surface area contributed by atoms with Gasteiger partial charge < -0.3 is 19.9 Å². The largest absolute Gasteiger partial charge is 0.481 e. The number of esters is 1. The first-order valence-corrected chi connectivity index (χ1v) is 15.0. The van der Waals surface area contributed by atoms with Gasteiger partial charge in [0, 0.05) is 25.7 Å². The molecule has 11 nitrogen and oxygen atoms in total. The summed E-state index contributed by atoms with van der Waals surface area (Å²) in [5.74, 6) is -7.77. The average molecular weight is 694 g/mol. The van der Waals surface area contributed by atoms with Crippen molar-refractivity contribution in [1.29, 1.82) is 0 Å². The molecule has 1 saturated carbocycles. The van der Waals surface area contributed by atoms with Crippen molar-refractivity contribution in [3.05, 3.63) is 12.3 Å². The summed E-state index contributed by atoms with van der Waals surface area (Å²) < 4.78 is 153. The van der Waals surface area contributed by atoms with Crippen molar-refractivity contribution >= 4 is 28.1 Å². The van der Waals surface area contributed by atoms with E-state index in [0.29, 0.717) is 32.1 Å². The minimum absolute atomic E-state index is 0.0128. The first-order chi connectivity index (χ1) is 20.5.